The smallest absolute Gasteiger partial charge is 0.137 e. The standard InChI is InChI=1S/C18H19ClO2/c19-15-1-2-16-12(8-15)9-17(21-16)18(20)13-4-10-3-11(6-13)7-14(18)5-10/h1-2,8-11,13-14,20H,3-7H2. The second-order valence-corrected chi connectivity index (χ2v) is 7.86. The number of hydrogen-bond donors (Lipinski definition) is 1. The summed E-state index contributed by atoms with van der Waals surface area (Å²) in [4.78, 5) is 0. The van der Waals surface area contributed by atoms with Gasteiger partial charge in [-0.1, -0.05) is 11.6 Å². The lowest BCUT2D eigenvalue weighted by atomic mass is 9.49. The van der Waals surface area contributed by atoms with Crippen molar-refractivity contribution in [1.29, 1.82) is 0 Å². The van der Waals surface area contributed by atoms with Crippen LogP contribution in [0.25, 0.3) is 11.0 Å². The van der Waals surface area contributed by atoms with Gasteiger partial charge in [-0.3, -0.25) is 0 Å². The van der Waals surface area contributed by atoms with Gasteiger partial charge in [0.15, 0.2) is 0 Å². The van der Waals surface area contributed by atoms with Crippen LogP contribution in [0.3, 0.4) is 0 Å². The SMILES string of the molecule is OC1(c2cc3cc(Cl)ccc3o2)C2CC3CC(C2)CC1C3. The minimum Gasteiger partial charge on any atom is -0.458 e. The van der Waals surface area contributed by atoms with Crippen LogP contribution in [0.4, 0.5) is 0 Å². The fourth-order valence-electron chi connectivity index (χ4n) is 5.52. The van der Waals surface area contributed by atoms with E-state index in [2.05, 4.69) is 0 Å². The zero-order valence-electron chi connectivity index (χ0n) is 11.9. The van der Waals surface area contributed by atoms with Gasteiger partial charge >= 0.3 is 0 Å². The maximum atomic E-state index is 11.5. The van der Waals surface area contributed by atoms with E-state index < -0.39 is 5.60 Å². The summed E-state index contributed by atoms with van der Waals surface area (Å²) in [6.45, 7) is 0. The van der Waals surface area contributed by atoms with E-state index in [1.165, 1.54) is 32.1 Å². The molecule has 4 saturated carbocycles. The zero-order valence-corrected chi connectivity index (χ0v) is 12.6. The molecule has 6 rings (SSSR count). The molecule has 0 atom stereocenters. The number of benzene rings is 1. The number of furan rings is 1. The molecule has 0 aliphatic heterocycles. The molecule has 4 aliphatic carbocycles. The summed E-state index contributed by atoms with van der Waals surface area (Å²) >= 11 is 6.06. The fraction of sp³-hybridized carbons (Fsp3) is 0.556. The lowest BCUT2D eigenvalue weighted by Crippen LogP contribution is -2.55. The Kier molecular flexibility index (Phi) is 2.42. The van der Waals surface area contributed by atoms with E-state index in [-0.39, 0.29) is 0 Å². The molecular formula is C18H19ClO2. The average molecular weight is 303 g/mol. The number of rotatable bonds is 1. The van der Waals surface area contributed by atoms with Gasteiger partial charge in [-0.25, -0.2) is 0 Å². The zero-order chi connectivity index (χ0) is 14.2. The number of hydrogen-bond acceptors (Lipinski definition) is 2. The number of fused-ring (bicyclic) bond motifs is 1. The van der Waals surface area contributed by atoms with Gasteiger partial charge in [0, 0.05) is 10.4 Å². The van der Waals surface area contributed by atoms with Gasteiger partial charge in [0.1, 0.15) is 16.9 Å². The Morgan fingerprint density at radius 3 is 2.33 bits per heavy atom. The molecule has 1 N–H and O–H groups in total. The Morgan fingerprint density at radius 1 is 1.00 bits per heavy atom. The Labute approximate surface area is 129 Å². The summed E-state index contributed by atoms with van der Waals surface area (Å²) in [5.74, 6) is 3.21. The first kappa shape index (κ1) is 12.5. The van der Waals surface area contributed by atoms with Gasteiger partial charge in [0.25, 0.3) is 0 Å². The van der Waals surface area contributed by atoms with Crippen LogP contribution < -0.4 is 0 Å². The van der Waals surface area contributed by atoms with Crippen LogP contribution in [-0.2, 0) is 5.60 Å². The molecule has 0 spiro atoms. The summed E-state index contributed by atoms with van der Waals surface area (Å²) in [5.41, 5.74) is 0.0791. The van der Waals surface area contributed by atoms with Gasteiger partial charge in [-0.05, 0) is 80.0 Å². The van der Waals surface area contributed by atoms with Gasteiger partial charge in [0.05, 0.1) is 0 Å². The van der Waals surface area contributed by atoms with Crippen LogP contribution in [0.1, 0.15) is 37.9 Å². The van der Waals surface area contributed by atoms with E-state index in [0.717, 1.165) is 28.6 Å². The molecule has 1 heterocycles. The van der Waals surface area contributed by atoms with Crippen LogP contribution in [0.5, 0.6) is 0 Å². The first-order chi connectivity index (χ1) is 10.1. The van der Waals surface area contributed by atoms with Crippen molar-refractivity contribution in [3.8, 4) is 0 Å². The lowest BCUT2D eigenvalue weighted by Gasteiger charge is -2.58. The topological polar surface area (TPSA) is 33.4 Å². The fourth-order valence-corrected chi connectivity index (χ4v) is 5.70. The molecule has 2 nitrogen and oxygen atoms in total. The second-order valence-electron chi connectivity index (χ2n) is 7.42. The molecule has 4 aliphatic rings. The molecular weight excluding hydrogens is 284 g/mol. The molecule has 0 unspecified atom stereocenters. The maximum absolute atomic E-state index is 11.5. The molecule has 0 amide bonds. The van der Waals surface area contributed by atoms with E-state index in [1.54, 1.807) is 0 Å². The number of halogens is 1. The quantitative estimate of drug-likeness (QED) is 0.826. The van der Waals surface area contributed by atoms with Crippen LogP contribution in [0, 0.1) is 23.7 Å². The summed E-state index contributed by atoms with van der Waals surface area (Å²) in [6, 6.07) is 7.69. The molecule has 2 aromatic rings. The molecule has 3 heteroatoms. The van der Waals surface area contributed by atoms with Crippen molar-refractivity contribution in [3.05, 3.63) is 35.0 Å². The summed E-state index contributed by atoms with van der Waals surface area (Å²) in [6.07, 6.45) is 6.06. The first-order valence-electron chi connectivity index (χ1n) is 8.05. The Morgan fingerprint density at radius 2 is 1.67 bits per heavy atom. The lowest BCUT2D eigenvalue weighted by molar-refractivity contribution is -0.188. The Balaban J connectivity index is 1.64. The van der Waals surface area contributed by atoms with Crippen molar-refractivity contribution in [2.45, 2.75) is 37.7 Å². The molecule has 4 bridgehead atoms. The molecule has 110 valence electrons. The highest BCUT2D eigenvalue weighted by Gasteiger charge is 2.58. The second kappa shape index (κ2) is 4.05. The third-order valence-electron chi connectivity index (χ3n) is 6.26. The van der Waals surface area contributed by atoms with E-state index in [0.29, 0.717) is 16.9 Å². The average Bonchev–Trinajstić information content (AvgIpc) is 2.87. The molecule has 0 saturated heterocycles. The van der Waals surface area contributed by atoms with Crippen LogP contribution >= 0.6 is 11.6 Å². The largest absolute Gasteiger partial charge is 0.458 e. The van der Waals surface area contributed by atoms with Crippen molar-refractivity contribution in [3.63, 3.8) is 0 Å². The van der Waals surface area contributed by atoms with Crippen molar-refractivity contribution in [2.24, 2.45) is 23.7 Å². The minimum atomic E-state index is -0.751. The Hall–Kier alpha value is -0.990. The first-order valence-corrected chi connectivity index (χ1v) is 8.42. The van der Waals surface area contributed by atoms with E-state index in [1.807, 2.05) is 24.3 Å². The van der Waals surface area contributed by atoms with Crippen LogP contribution in [0.15, 0.2) is 28.7 Å². The molecule has 4 fully saturated rings. The van der Waals surface area contributed by atoms with Crippen molar-refractivity contribution < 1.29 is 9.52 Å². The minimum absolute atomic E-state index is 0.379. The highest BCUT2D eigenvalue weighted by molar-refractivity contribution is 6.31. The van der Waals surface area contributed by atoms with Crippen LogP contribution in [0.2, 0.25) is 5.02 Å². The monoisotopic (exact) mass is 302 g/mol. The van der Waals surface area contributed by atoms with Gasteiger partial charge < -0.3 is 9.52 Å². The van der Waals surface area contributed by atoms with Crippen LogP contribution in [-0.4, -0.2) is 5.11 Å². The van der Waals surface area contributed by atoms with Crippen molar-refractivity contribution in [2.75, 3.05) is 0 Å². The Bertz CT molecular complexity index is 689. The number of aliphatic hydroxyl groups is 1. The van der Waals surface area contributed by atoms with Crippen molar-refractivity contribution in [1.82, 2.24) is 0 Å². The highest BCUT2D eigenvalue weighted by Crippen LogP contribution is 2.62. The van der Waals surface area contributed by atoms with E-state index >= 15 is 0 Å². The summed E-state index contributed by atoms with van der Waals surface area (Å²) in [5, 5.41) is 13.2. The summed E-state index contributed by atoms with van der Waals surface area (Å²) < 4.78 is 6.04. The normalized spacial score (nSPS) is 41.0. The van der Waals surface area contributed by atoms with Gasteiger partial charge in [0.2, 0.25) is 0 Å². The van der Waals surface area contributed by atoms with Gasteiger partial charge in [-0.2, -0.15) is 0 Å². The molecule has 21 heavy (non-hydrogen) atoms. The predicted molar refractivity (Wildman–Crippen MR) is 82.2 cm³/mol. The van der Waals surface area contributed by atoms with E-state index in [4.69, 9.17) is 16.0 Å². The maximum Gasteiger partial charge on any atom is 0.137 e. The molecule has 0 radical (unpaired) electrons. The third kappa shape index (κ3) is 1.63. The predicted octanol–water partition coefficient (Wildman–Crippen LogP) is 4.73. The highest BCUT2D eigenvalue weighted by atomic mass is 35.5. The molecule has 1 aromatic carbocycles. The van der Waals surface area contributed by atoms with Gasteiger partial charge in [-0.15, -0.1) is 0 Å². The van der Waals surface area contributed by atoms with E-state index in [9.17, 15) is 5.11 Å². The van der Waals surface area contributed by atoms with Crippen molar-refractivity contribution >= 4 is 22.6 Å². The summed E-state index contributed by atoms with van der Waals surface area (Å²) in [7, 11) is 0. The molecule has 1 aromatic heterocycles. The third-order valence-corrected chi connectivity index (χ3v) is 6.49.